The standard InChI is InChI=1S/C29H29BrN6O4/c1-4-24(38)34-11-12-40-28-25-21(36(33-28)20-8-5-17(16(2)3)13-23(20)37)9-10-35(22(25)14-34)29(39)18-6-7-19(30)27-26(18)31-15-32-27/h4-8,13,16,22,37H,1,9-12,14-15H2,2-3H3. The fourth-order valence-corrected chi connectivity index (χ4v) is 6.07. The molecule has 3 aliphatic heterocycles. The van der Waals surface area contributed by atoms with Gasteiger partial charge in [0.05, 0.1) is 40.1 Å². The Labute approximate surface area is 239 Å². The summed E-state index contributed by atoms with van der Waals surface area (Å²) >= 11 is 3.51. The van der Waals surface area contributed by atoms with Crippen LogP contribution in [-0.2, 0) is 11.2 Å². The fraction of sp³-hybridized carbons (Fsp3) is 0.345. The third kappa shape index (κ3) is 4.28. The van der Waals surface area contributed by atoms with Gasteiger partial charge in [0, 0.05) is 24.0 Å². The van der Waals surface area contributed by atoms with E-state index in [4.69, 9.17) is 9.84 Å². The van der Waals surface area contributed by atoms with Crippen LogP contribution in [0.2, 0.25) is 0 Å². The molecular weight excluding hydrogens is 576 g/mol. The molecule has 1 atom stereocenters. The highest BCUT2D eigenvalue weighted by Gasteiger charge is 2.41. The first-order valence-electron chi connectivity index (χ1n) is 13.3. The number of phenolic OH excluding ortho intramolecular Hbond substituents is 1. The predicted molar refractivity (Wildman–Crippen MR) is 150 cm³/mol. The largest absolute Gasteiger partial charge is 0.506 e. The van der Waals surface area contributed by atoms with Gasteiger partial charge < -0.3 is 19.6 Å². The van der Waals surface area contributed by atoms with Gasteiger partial charge in [0.2, 0.25) is 11.8 Å². The lowest BCUT2D eigenvalue weighted by atomic mass is 9.95. The van der Waals surface area contributed by atoms with E-state index in [9.17, 15) is 14.7 Å². The smallest absolute Gasteiger partial charge is 0.256 e. The number of aromatic hydroxyl groups is 1. The van der Waals surface area contributed by atoms with Crippen molar-refractivity contribution in [3.8, 4) is 17.3 Å². The third-order valence-electron chi connectivity index (χ3n) is 7.71. The topological polar surface area (TPSA) is 113 Å². The minimum atomic E-state index is -0.529. The first-order chi connectivity index (χ1) is 19.3. The molecule has 1 unspecified atom stereocenters. The third-order valence-corrected chi connectivity index (χ3v) is 8.35. The summed E-state index contributed by atoms with van der Waals surface area (Å²) in [4.78, 5) is 39.2. The maximum atomic E-state index is 14.1. The zero-order valence-electron chi connectivity index (χ0n) is 22.3. The van der Waals surface area contributed by atoms with Gasteiger partial charge in [0.25, 0.3) is 5.91 Å². The summed E-state index contributed by atoms with van der Waals surface area (Å²) in [6.07, 6.45) is 1.76. The molecule has 10 nitrogen and oxygen atoms in total. The summed E-state index contributed by atoms with van der Waals surface area (Å²) in [5.74, 6) is 0.341. The van der Waals surface area contributed by atoms with Crippen LogP contribution in [0.3, 0.4) is 0 Å². The summed E-state index contributed by atoms with van der Waals surface area (Å²) in [5, 5.41) is 17.0. The molecule has 0 bridgehead atoms. The molecule has 3 aromatic rings. The predicted octanol–water partition coefficient (Wildman–Crippen LogP) is 2.82. The van der Waals surface area contributed by atoms with Gasteiger partial charge in [-0.3, -0.25) is 19.6 Å². The highest BCUT2D eigenvalue weighted by atomic mass is 79.9. The molecule has 0 saturated carbocycles. The second-order valence-electron chi connectivity index (χ2n) is 10.3. The molecule has 1 N–H and O–H groups in total. The van der Waals surface area contributed by atoms with Gasteiger partial charge in [-0.15, -0.1) is 5.10 Å². The van der Waals surface area contributed by atoms with E-state index in [1.165, 1.54) is 6.08 Å². The molecule has 0 spiro atoms. The van der Waals surface area contributed by atoms with Gasteiger partial charge in [-0.05, 0) is 57.8 Å². The Balaban J connectivity index is 1.48. The summed E-state index contributed by atoms with van der Waals surface area (Å²) in [6, 6.07) is 8.64. The van der Waals surface area contributed by atoms with Crippen LogP contribution in [-0.4, -0.2) is 69.4 Å². The van der Waals surface area contributed by atoms with Gasteiger partial charge in [-0.25, -0.2) is 4.68 Å². The van der Waals surface area contributed by atoms with Crippen LogP contribution in [0.4, 0.5) is 0 Å². The monoisotopic (exact) mass is 604 g/mol. The molecule has 11 heteroatoms. The van der Waals surface area contributed by atoms with Crippen molar-refractivity contribution in [2.45, 2.75) is 32.2 Å². The van der Waals surface area contributed by atoms with Gasteiger partial charge in [0.1, 0.15) is 24.7 Å². The number of carbonyl (C=O) groups excluding carboxylic acids is 2. The van der Waals surface area contributed by atoms with Crippen LogP contribution < -0.4 is 15.5 Å². The van der Waals surface area contributed by atoms with Gasteiger partial charge in [-0.2, -0.15) is 0 Å². The molecule has 2 aromatic carbocycles. The lowest BCUT2D eigenvalue weighted by Gasteiger charge is -2.39. The van der Waals surface area contributed by atoms with E-state index in [-0.39, 0.29) is 43.3 Å². The van der Waals surface area contributed by atoms with Crippen molar-refractivity contribution in [3.05, 3.63) is 80.6 Å². The highest BCUT2D eigenvalue weighted by molar-refractivity contribution is 9.10. The Bertz CT molecular complexity index is 1680. The minimum absolute atomic E-state index is 0.118. The SMILES string of the molecule is C=CC(=O)N1CCOc2nn(-c3ccc(C(C)C)cc3O)c3c2C(C1)N(C(=O)c1ccc(Br)c2c1=NCN=2)CC3. The van der Waals surface area contributed by atoms with Crippen molar-refractivity contribution in [1.29, 1.82) is 0 Å². The van der Waals surface area contributed by atoms with E-state index in [2.05, 4.69) is 46.3 Å². The first kappa shape index (κ1) is 26.2. The molecule has 40 heavy (non-hydrogen) atoms. The molecule has 0 saturated heterocycles. The van der Waals surface area contributed by atoms with Crippen LogP contribution in [0.1, 0.15) is 53.0 Å². The number of hydrogen-bond donors (Lipinski definition) is 1. The van der Waals surface area contributed by atoms with Crippen LogP contribution in [0.15, 0.2) is 57.4 Å². The van der Waals surface area contributed by atoms with E-state index >= 15 is 0 Å². The Morgan fingerprint density at radius 1 is 1.18 bits per heavy atom. The molecule has 3 aliphatic rings. The number of phenols is 1. The summed E-state index contributed by atoms with van der Waals surface area (Å²) in [6.45, 7) is 9.26. The summed E-state index contributed by atoms with van der Waals surface area (Å²) in [7, 11) is 0. The molecule has 6 rings (SSSR count). The second-order valence-corrected chi connectivity index (χ2v) is 11.2. The van der Waals surface area contributed by atoms with Crippen LogP contribution >= 0.6 is 15.9 Å². The number of fused-ring (bicyclic) bond motifs is 1. The fourth-order valence-electron chi connectivity index (χ4n) is 5.62. The summed E-state index contributed by atoms with van der Waals surface area (Å²) < 4.78 is 8.61. The Kier molecular flexibility index (Phi) is 6.69. The normalized spacial score (nSPS) is 17.6. The Morgan fingerprint density at radius 2 is 1.98 bits per heavy atom. The van der Waals surface area contributed by atoms with E-state index < -0.39 is 6.04 Å². The number of halogens is 1. The van der Waals surface area contributed by atoms with Crippen molar-refractivity contribution >= 4 is 27.7 Å². The molecule has 0 radical (unpaired) electrons. The maximum absolute atomic E-state index is 14.1. The minimum Gasteiger partial charge on any atom is -0.506 e. The number of benzene rings is 2. The number of hydrogen-bond acceptors (Lipinski definition) is 7. The van der Waals surface area contributed by atoms with E-state index in [0.717, 1.165) is 21.3 Å². The van der Waals surface area contributed by atoms with Crippen LogP contribution in [0.25, 0.3) is 5.69 Å². The molecule has 206 valence electrons. The number of carbonyl (C=O) groups is 2. The Hall–Kier alpha value is -3.99. The van der Waals surface area contributed by atoms with Crippen molar-refractivity contribution in [2.24, 2.45) is 9.98 Å². The van der Waals surface area contributed by atoms with Crippen molar-refractivity contribution < 1.29 is 19.4 Å². The molecule has 1 aromatic heterocycles. The quantitative estimate of drug-likeness (QED) is 0.460. The van der Waals surface area contributed by atoms with E-state index in [1.54, 1.807) is 26.6 Å². The van der Waals surface area contributed by atoms with E-state index in [1.807, 2.05) is 18.2 Å². The average Bonchev–Trinajstić information content (AvgIpc) is 3.57. The summed E-state index contributed by atoms with van der Waals surface area (Å²) in [5.41, 5.74) is 3.60. The zero-order valence-corrected chi connectivity index (χ0v) is 23.9. The van der Waals surface area contributed by atoms with Gasteiger partial charge in [-0.1, -0.05) is 26.5 Å². The van der Waals surface area contributed by atoms with Crippen LogP contribution in [0, 0.1) is 0 Å². The van der Waals surface area contributed by atoms with E-state index in [0.29, 0.717) is 47.4 Å². The Morgan fingerprint density at radius 3 is 2.73 bits per heavy atom. The van der Waals surface area contributed by atoms with Crippen molar-refractivity contribution in [1.82, 2.24) is 19.6 Å². The number of aromatic nitrogens is 2. The number of rotatable bonds is 4. The number of amides is 2. The number of ether oxygens (including phenoxy) is 1. The van der Waals surface area contributed by atoms with Gasteiger partial charge in [0.15, 0.2) is 0 Å². The lowest BCUT2D eigenvalue weighted by Crippen LogP contribution is -2.49. The second kappa shape index (κ2) is 10.2. The molecule has 2 amide bonds. The first-order valence-corrected chi connectivity index (χ1v) is 14.1. The number of nitrogens with zero attached hydrogens (tertiary/aromatic N) is 6. The van der Waals surface area contributed by atoms with Crippen molar-refractivity contribution in [2.75, 3.05) is 32.9 Å². The average molecular weight is 605 g/mol. The molecule has 4 heterocycles. The lowest BCUT2D eigenvalue weighted by molar-refractivity contribution is -0.127. The van der Waals surface area contributed by atoms with Gasteiger partial charge >= 0.3 is 0 Å². The molecule has 0 aliphatic carbocycles. The highest BCUT2D eigenvalue weighted by Crippen LogP contribution is 2.41. The molecular formula is C29H29BrN6O4. The van der Waals surface area contributed by atoms with Crippen LogP contribution in [0.5, 0.6) is 11.6 Å². The zero-order chi connectivity index (χ0) is 28.1. The maximum Gasteiger partial charge on any atom is 0.256 e. The van der Waals surface area contributed by atoms with Crippen molar-refractivity contribution in [3.63, 3.8) is 0 Å². The molecule has 0 fully saturated rings.